The van der Waals surface area contributed by atoms with Gasteiger partial charge in [-0.25, -0.2) is 9.97 Å². The molecule has 5 rings (SSSR count). The second kappa shape index (κ2) is 8.42. The molecule has 0 bridgehead atoms. The number of hydrogen-bond donors (Lipinski definition) is 0. The van der Waals surface area contributed by atoms with E-state index < -0.39 is 0 Å². The van der Waals surface area contributed by atoms with Gasteiger partial charge in [-0.05, 0) is 30.3 Å². The normalized spacial score (nSPS) is 11.3. The Kier molecular flexibility index (Phi) is 5.46. The number of nitrogens with zero attached hydrogens (tertiary/aromatic N) is 4. The van der Waals surface area contributed by atoms with Crippen molar-refractivity contribution in [3.05, 3.63) is 91.5 Å². The second-order valence-electron chi connectivity index (χ2n) is 6.80. The minimum Gasteiger partial charge on any atom is -0.495 e. The van der Waals surface area contributed by atoms with Crippen molar-refractivity contribution >= 4 is 50.6 Å². The summed E-state index contributed by atoms with van der Waals surface area (Å²) in [5.41, 5.74) is 1.43. The van der Waals surface area contributed by atoms with Crippen LogP contribution >= 0.6 is 34.7 Å². The predicted octanol–water partition coefficient (Wildman–Crippen LogP) is 4.41. The molecular weight excluding hydrogens is 468 g/mol. The van der Waals surface area contributed by atoms with E-state index in [1.165, 1.54) is 45.2 Å². The SMILES string of the molecule is COc1ccc(-n2c(SCc3cc(=O)n4ccsc4n3)nc3ccccc3c2=O)cc1Cl. The van der Waals surface area contributed by atoms with Gasteiger partial charge in [0.15, 0.2) is 10.1 Å². The molecule has 0 saturated carbocycles. The van der Waals surface area contributed by atoms with Crippen LogP contribution in [-0.4, -0.2) is 26.0 Å². The molecule has 0 aliphatic carbocycles. The molecule has 0 aliphatic heterocycles. The zero-order valence-electron chi connectivity index (χ0n) is 16.7. The Hall–Kier alpha value is -3.14. The molecule has 7 nitrogen and oxygen atoms in total. The third kappa shape index (κ3) is 3.68. The van der Waals surface area contributed by atoms with E-state index in [4.69, 9.17) is 21.3 Å². The Morgan fingerprint density at radius 2 is 1.97 bits per heavy atom. The Labute approximate surface area is 194 Å². The van der Waals surface area contributed by atoms with Gasteiger partial charge in [-0.3, -0.25) is 18.6 Å². The fourth-order valence-corrected chi connectivity index (χ4v) is 5.23. The lowest BCUT2D eigenvalue weighted by Gasteiger charge is -2.14. The van der Waals surface area contributed by atoms with Crippen molar-refractivity contribution in [1.29, 1.82) is 0 Å². The summed E-state index contributed by atoms with van der Waals surface area (Å²) in [7, 11) is 1.53. The number of hydrogen-bond acceptors (Lipinski definition) is 7. The van der Waals surface area contributed by atoms with Crippen LogP contribution in [0.3, 0.4) is 0 Å². The molecule has 0 atom stereocenters. The molecule has 32 heavy (non-hydrogen) atoms. The number of halogens is 1. The summed E-state index contributed by atoms with van der Waals surface area (Å²) in [5, 5.41) is 3.18. The van der Waals surface area contributed by atoms with Crippen LogP contribution in [0, 0.1) is 0 Å². The van der Waals surface area contributed by atoms with Crippen molar-refractivity contribution in [2.75, 3.05) is 7.11 Å². The van der Waals surface area contributed by atoms with Crippen molar-refractivity contribution in [2.45, 2.75) is 10.9 Å². The number of benzene rings is 2. The van der Waals surface area contributed by atoms with Crippen molar-refractivity contribution < 1.29 is 4.74 Å². The number of para-hydroxylation sites is 1. The standard InChI is InChI=1S/C22H15ClN4O3S2/c1-30-18-7-6-14(11-16(18)23)27-20(29)15-4-2-3-5-17(15)25-22(27)32-12-13-10-19(28)26-8-9-31-21(26)24-13/h2-11H,12H2,1H3. The van der Waals surface area contributed by atoms with Gasteiger partial charge in [0, 0.05) is 23.4 Å². The zero-order valence-corrected chi connectivity index (χ0v) is 19.1. The van der Waals surface area contributed by atoms with Gasteiger partial charge in [0.2, 0.25) is 0 Å². The minimum absolute atomic E-state index is 0.141. The molecule has 3 aromatic heterocycles. The van der Waals surface area contributed by atoms with Gasteiger partial charge in [0.25, 0.3) is 11.1 Å². The summed E-state index contributed by atoms with van der Waals surface area (Å²) < 4.78 is 8.26. The van der Waals surface area contributed by atoms with Gasteiger partial charge in [0.1, 0.15) is 5.75 Å². The number of methoxy groups -OCH3 is 1. The Balaban J connectivity index is 1.62. The van der Waals surface area contributed by atoms with Crippen molar-refractivity contribution in [1.82, 2.24) is 18.9 Å². The lowest BCUT2D eigenvalue weighted by molar-refractivity contribution is 0.415. The van der Waals surface area contributed by atoms with E-state index in [0.29, 0.717) is 48.9 Å². The first-order chi connectivity index (χ1) is 15.5. The first-order valence-electron chi connectivity index (χ1n) is 9.49. The van der Waals surface area contributed by atoms with E-state index in [1.807, 2.05) is 11.4 Å². The smallest absolute Gasteiger partial charge is 0.266 e. The second-order valence-corrected chi connectivity index (χ2v) is 9.02. The Bertz CT molecular complexity index is 1590. The summed E-state index contributed by atoms with van der Waals surface area (Å²) in [5.74, 6) is 0.888. The van der Waals surface area contributed by atoms with Gasteiger partial charge in [-0.2, -0.15) is 0 Å². The van der Waals surface area contributed by atoms with Gasteiger partial charge >= 0.3 is 0 Å². The molecule has 10 heteroatoms. The highest BCUT2D eigenvalue weighted by atomic mass is 35.5. The average molecular weight is 483 g/mol. The maximum Gasteiger partial charge on any atom is 0.266 e. The van der Waals surface area contributed by atoms with Crippen LogP contribution in [0.4, 0.5) is 0 Å². The van der Waals surface area contributed by atoms with Crippen molar-refractivity contribution in [3.63, 3.8) is 0 Å². The molecule has 5 aromatic rings. The summed E-state index contributed by atoms with van der Waals surface area (Å²) in [6.07, 6.45) is 1.70. The van der Waals surface area contributed by atoms with Crippen molar-refractivity contribution in [2.24, 2.45) is 0 Å². The highest BCUT2D eigenvalue weighted by molar-refractivity contribution is 7.98. The summed E-state index contributed by atoms with van der Waals surface area (Å²) in [6, 6.07) is 13.8. The van der Waals surface area contributed by atoms with Gasteiger partial charge in [0.05, 0.1) is 34.4 Å². The fourth-order valence-electron chi connectivity index (χ4n) is 3.33. The van der Waals surface area contributed by atoms with E-state index in [-0.39, 0.29) is 11.1 Å². The largest absolute Gasteiger partial charge is 0.495 e. The van der Waals surface area contributed by atoms with Gasteiger partial charge < -0.3 is 4.74 Å². The molecule has 3 heterocycles. The first-order valence-corrected chi connectivity index (χ1v) is 11.7. The fraction of sp³-hybridized carbons (Fsp3) is 0.0909. The van der Waals surface area contributed by atoms with E-state index in [9.17, 15) is 9.59 Å². The first kappa shape index (κ1) is 20.7. The lowest BCUT2D eigenvalue weighted by atomic mass is 10.2. The van der Waals surface area contributed by atoms with Crippen molar-refractivity contribution in [3.8, 4) is 11.4 Å². The van der Waals surface area contributed by atoms with Crippen LogP contribution in [0.2, 0.25) is 5.02 Å². The molecular formula is C22H15ClN4O3S2. The van der Waals surface area contributed by atoms with Crippen LogP contribution in [0.25, 0.3) is 21.6 Å². The summed E-state index contributed by atoms with van der Waals surface area (Å²) in [6.45, 7) is 0. The molecule has 0 aliphatic rings. The van der Waals surface area contributed by atoms with E-state index in [1.54, 1.807) is 42.6 Å². The molecule has 0 fully saturated rings. The third-order valence-electron chi connectivity index (χ3n) is 4.84. The highest BCUT2D eigenvalue weighted by Gasteiger charge is 2.15. The molecule has 2 aromatic carbocycles. The maximum atomic E-state index is 13.4. The number of fused-ring (bicyclic) bond motifs is 2. The summed E-state index contributed by atoms with van der Waals surface area (Å²) in [4.78, 5) is 35.6. The van der Waals surface area contributed by atoms with E-state index >= 15 is 0 Å². The topological polar surface area (TPSA) is 78.5 Å². The molecule has 0 spiro atoms. The quantitative estimate of drug-likeness (QED) is 0.273. The summed E-state index contributed by atoms with van der Waals surface area (Å²) >= 11 is 9.05. The number of thioether (sulfide) groups is 1. The van der Waals surface area contributed by atoms with Crippen LogP contribution in [-0.2, 0) is 5.75 Å². The average Bonchev–Trinajstić information content (AvgIpc) is 3.27. The van der Waals surface area contributed by atoms with Gasteiger partial charge in [-0.15, -0.1) is 11.3 Å². The van der Waals surface area contributed by atoms with E-state index in [0.717, 1.165) is 0 Å². The Morgan fingerprint density at radius 1 is 1.12 bits per heavy atom. The van der Waals surface area contributed by atoms with Crippen LogP contribution in [0.1, 0.15) is 5.69 Å². The van der Waals surface area contributed by atoms with Crippen LogP contribution in [0.5, 0.6) is 5.75 Å². The molecule has 0 radical (unpaired) electrons. The third-order valence-corrected chi connectivity index (χ3v) is 6.87. The number of ether oxygens (including phenoxy) is 1. The number of rotatable bonds is 5. The molecule has 0 amide bonds. The highest BCUT2D eigenvalue weighted by Crippen LogP contribution is 2.29. The minimum atomic E-state index is -0.207. The monoisotopic (exact) mass is 482 g/mol. The number of aromatic nitrogens is 4. The molecule has 0 saturated heterocycles. The molecule has 0 N–H and O–H groups in total. The van der Waals surface area contributed by atoms with Crippen LogP contribution in [0.15, 0.2) is 74.9 Å². The molecule has 0 unspecified atom stereocenters. The number of thiazole rings is 1. The zero-order chi connectivity index (χ0) is 22.2. The predicted molar refractivity (Wildman–Crippen MR) is 128 cm³/mol. The Morgan fingerprint density at radius 3 is 2.78 bits per heavy atom. The van der Waals surface area contributed by atoms with E-state index in [2.05, 4.69) is 4.98 Å². The molecule has 160 valence electrons. The maximum absolute atomic E-state index is 13.4. The lowest BCUT2D eigenvalue weighted by Crippen LogP contribution is -2.22. The van der Waals surface area contributed by atoms with Gasteiger partial charge in [-0.1, -0.05) is 35.5 Å². The van der Waals surface area contributed by atoms with Crippen LogP contribution < -0.4 is 15.9 Å².